The minimum Gasteiger partial charge on any atom is -0.463 e. The monoisotopic (exact) mass is 257 g/mol. The van der Waals surface area contributed by atoms with Crippen molar-refractivity contribution < 1.29 is 23.8 Å². The molecule has 1 atom stereocenters. The molecule has 1 rings (SSSR count). The summed E-state index contributed by atoms with van der Waals surface area (Å²) in [7, 11) is 2.75. The summed E-state index contributed by atoms with van der Waals surface area (Å²) in [5.41, 5.74) is 4.15. The summed E-state index contributed by atoms with van der Waals surface area (Å²) in [5, 5.41) is 10.5. The van der Waals surface area contributed by atoms with Crippen molar-refractivity contribution >= 4 is 5.97 Å². The van der Waals surface area contributed by atoms with Crippen LogP contribution in [0, 0.1) is 0 Å². The third-order valence-corrected chi connectivity index (χ3v) is 2.63. The zero-order valence-corrected chi connectivity index (χ0v) is 10.6. The van der Waals surface area contributed by atoms with Crippen molar-refractivity contribution in [3.05, 3.63) is 23.7 Å². The van der Waals surface area contributed by atoms with Crippen LogP contribution < -0.4 is 5.73 Å². The van der Waals surface area contributed by atoms with Crippen LogP contribution in [0.3, 0.4) is 0 Å². The number of furan rings is 1. The second-order valence-corrected chi connectivity index (χ2v) is 4.01. The second-order valence-electron chi connectivity index (χ2n) is 4.01. The van der Waals surface area contributed by atoms with E-state index in [0.717, 1.165) is 0 Å². The number of carbonyl (C=O) groups excluding carboxylic acids is 1. The molecule has 6 nitrogen and oxygen atoms in total. The molecular formula is C12H19NO5. The zero-order chi connectivity index (χ0) is 13.6. The van der Waals surface area contributed by atoms with Gasteiger partial charge in [0.25, 0.3) is 0 Å². The Kier molecular flexibility index (Phi) is 5.33. The van der Waals surface area contributed by atoms with Crippen LogP contribution in [0.1, 0.15) is 29.2 Å². The van der Waals surface area contributed by atoms with Gasteiger partial charge in [-0.2, -0.15) is 0 Å². The molecular weight excluding hydrogens is 238 g/mol. The Labute approximate surface area is 106 Å². The van der Waals surface area contributed by atoms with E-state index in [4.69, 9.17) is 14.9 Å². The highest BCUT2D eigenvalue weighted by Crippen LogP contribution is 2.28. The predicted molar refractivity (Wildman–Crippen MR) is 64.1 cm³/mol. The Balaban J connectivity index is 2.91. The predicted octanol–water partition coefficient (Wildman–Crippen LogP) is 0.639. The molecule has 0 radical (unpaired) electrons. The minimum atomic E-state index is -1.28. The van der Waals surface area contributed by atoms with Crippen LogP contribution in [0.5, 0.6) is 0 Å². The highest BCUT2D eigenvalue weighted by Gasteiger charge is 2.33. The van der Waals surface area contributed by atoms with Gasteiger partial charge < -0.3 is 24.7 Å². The molecule has 102 valence electrons. The molecule has 1 unspecified atom stereocenters. The van der Waals surface area contributed by atoms with E-state index in [1.54, 1.807) is 6.07 Å². The first-order valence-corrected chi connectivity index (χ1v) is 5.67. The number of carbonyl (C=O) groups is 1. The fraction of sp³-hybridized carbons (Fsp3) is 0.583. The number of aliphatic hydroxyl groups is 1. The summed E-state index contributed by atoms with van der Waals surface area (Å²) in [6, 6.07) is 3.01. The van der Waals surface area contributed by atoms with E-state index in [2.05, 4.69) is 4.74 Å². The molecule has 0 fully saturated rings. The maximum Gasteiger partial charge on any atom is 0.373 e. The molecule has 0 saturated heterocycles. The standard InChI is InChI=1S/C12H19NO5/c1-16-8-12(15,6-3-7-13)10-5-4-9(18-10)11(14)17-2/h4-5,15H,3,6-8,13H2,1-2H3. The van der Waals surface area contributed by atoms with Crippen LogP contribution in [0.4, 0.5) is 0 Å². The Bertz CT molecular complexity index is 390. The molecule has 0 aliphatic rings. The van der Waals surface area contributed by atoms with Crippen molar-refractivity contribution in [1.29, 1.82) is 0 Å². The Morgan fingerprint density at radius 3 is 2.78 bits per heavy atom. The molecule has 0 amide bonds. The Hall–Kier alpha value is -1.37. The first kappa shape index (κ1) is 14.7. The molecule has 6 heteroatoms. The lowest BCUT2D eigenvalue weighted by atomic mass is 9.96. The van der Waals surface area contributed by atoms with E-state index < -0.39 is 11.6 Å². The molecule has 1 heterocycles. The normalized spacial score (nSPS) is 14.2. The maximum absolute atomic E-state index is 11.3. The first-order chi connectivity index (χ1) is 8.57. The van der Waals surface area contributed by atoms with Crippen LogP contribution in [0.25, 0.3) is 0 Å². The van der Waals surface area contributed by atoms with Gasteiger partial charge in [0.05, 0.1) is 13.7 Å². The van der Waals surface area contributed by atoms with E-state index in [-0.39, 0.29) is 18.1 Å². The van der Waals surface area contributed by atoms with Gasteiger partial charge in [0.2, 0.25) is 5.76 Å². The molecule has 1 aromatic rings. The van der Waals surface area contributed by atoms with Crippen molar-refractivity contribution in [2.24, 2.45) is 5.73 Å². The molecule has 18 heavy (non-hydrogen) atoms. The van der Waals surface area contributed by atoms with Crippen LogP contribution in [-0.4, -0.2) is 38.4 Å². The summed E-state index contributed by atoms with van der Waals surface area (Å²) in [5.74, 6) is -0.257. The van der Waals surface area contributed by atoms with Gasteiger partial charge in [0.15, 0.2) is 0 Å². The van der Waals surface area contributed by atoms with Gasteiger partial charge in [0, 0.05) is 7.11 Å². The number of esters is 1. The highest BCUT2D eigenvalue weighted by molar-refractivity contribution is 5.86. The summed E-state index contributed by atoms with van der Waals surface area (Å²) in [6.07, 6.45) is 1.01. The van der Waals surface area contributed by atoms with Gasteiger partial charge in [-0.25, -0.2) is 4.79 Å². The van der Waals surface area contributed by atoms with Crippen molar-refractivity contribution in [3.8, 4) is 0 Å². The topological polar surface area (TPSA) is 94.9 Å². The highest BCUT2D eigenvalue weighted by atomic mass is 16.5. The van der Waals surface area contributed by atoms with Gasteiger partial charge >= 0.3 is 5.97 Å². The fourth-order valence-corrected chi connectivity index (χ4v) is 1.70. The molecule has 0 aromatic carbocycles. The van der Waals surface area contributed by atoms with E-state index in [1.807, 2.05) is 0 Å². The number of methoxy groups -OCH3 is 2. The average molecular weight is 257 g/mol. The molecule has 0 aliphatic carbocycles. The van der Waals surface area contributed by atoms with Crippen molar-refractivity contribution in [2.75, 3.05) is 27.4 Å². The summed E-state index contributed by atoms with van der Waals surface area (Å²) < 4.78 is 14.8. The van der Waals surface area contributed by atoms with Crippen LogP contribution >= 0.6 is 0 Å². The fourth-order valence-electron chi connectivity index (χ4n) is 1.70. The molecule has 0 spiro atoms. The van der Waals surface area contributed by atoms with Gasteiger partial charge in [-0.05, 0) is 31.5 Å². The van der Waals surface area contributed by atoms with Gasteiger partial charge in [-0.15, -0.1) is 0 Å². The van der Waals surface area contributed by atoms with Crippen LogP contribution in [0.15, 0.2) is 16.5 Å². The minimum absolute atomic E-state index is 0.0507. The number of ether oxygens (including phenoxy) is 2. The van der Waals surface area contributed by atoms with E-state index in [1.165, 1.54) is 20.3 Å². The Morgan fingerprint density at radius 2 is 2.22 bits per heavy atom. The lowest BCUT2D eigenvalue weighted by Crippen LogP contribution is -2.31. The summed E-state index contributed by atoms with van der Waals surface area (Å²) >= 11 is 0. The molecule has 0 bridgehead atoms. The van der Waals surface area contributed by atoms with Crippen molar-refractivity contribution in [1.82, 2.24) is 0 Å². The SMILES string of the molecule is COCC(O)(CCCN)c1ccc(C(=O)OC)o1. The van der Waals surface area contributed by atoms with Gasteiger partial charge in [0.1, 0.15) is 11.4 Å². The summed E-state index contributed by atoms with van der Waals surface area (Å²) in [4.78, 5) is 11.3. The van der Waals surface area contributed by atoms with E-state index >= 15 is 0 Å². The first-order valence-electron chi connectivity index (χ1n) is 5.67. The van der Waals surface area contributed by atoms with Crippen LogP contribution in [-0.2, 0) is 15.1 Å². The molecule has 0 saturated carbocycles. The number of nitrogens with two attached hydrogens (primary N) is 1. The number of rotatable bonds is 7. The quantitative estimate of drug-likeness (QED) is 0.696. The Morgan fingerprint density at radius 1 is 1.50 bits per heavy atom. The average Bonchev–Trinajstić information content (AvgIpc) is 2.86. The number of hydrogen-bond donors (Lipinski definition) is 2. The second kappa shape index (κ2) is 6.53. The van der Waals surface area contributed by atoms with Crippen molar-refractivity contribution in [2.45, 2.75) is 18.4 Å². The lowest BCUT2D eigenvalue weighted by Gasteiger charge is -2.24. The zero-order valence-electron chi connectivity index (χ0n) is 10.6. The molecule has 3 N–H and O–H groups in total. The summed E-state index contributed by atoms with van der Waals surface area (Å²) in [6.45, 7) is 0.526. The van der Waals surface area contributed by atoms with Crippen molar-refractivity contribution in [3.63, 3.8) is 0 Å². The largest absolute Gasteiger partial charge is 0.463 e. The van der Waals surface area contributed by atoms with Gasteiger partial charge in [-0.1, -0.05) is 0 Å². The van der Waals surface area contributed by atoms with Gasteiger partial charge in [-0.3, -0.25) is 0 Å². The third-order valence-electron chi connectivity index (χ3n) is 2.63. The molecule has 1 aromatic heterocycles. The lowest BCUT2D eigenvalue weighted by molar-refractivity contribution is -0.0581. The van der Waals surface area contributed by atoms with Crippen LogP contribution in [0.2, 0.25) is 0 Å². The van der Waals surface area contributed by atoms with E-state index in [9.17, 15) is 9.90 Å². The van der Waals surface area contributed by atoms with E-state index in [0.29, 0.717) is 19.4 Å². The third kappa shape index (κ3) is 3.32. The molecule has 0 aliphatic heterocycles. The smallest absolute Gasteiger partial charge is 0.373 e. The number of hydrogen-bond acceptors (Lipinski definition) is 6. The maximum atomic E-state index is 11.3.